The van der Waals surface area contributed by atoms with Gasteiger partial charge in [0.1, 0.15) is 0 Å². The average Bonchev–Trinajstić information content (AvgIpc) is 2.51. The molecule has 3 aromatic carbocycles. The van der Waals surface area contributed by atoms with Crippen molar-refractivity contribution in [3.05, 3.63) is 72.8 Å². The van der Waals surface area contributed by atoms with Gasteiger partial charge >= 0.3 is 0 Å². The molecule has 0 spiro atoms. The van der Waals surface area contributed by atoms with Gasteiger partial charge in [0.25, 0.3) is 0 Å². The summed E-state index contributed by atoms with van der Waals surface area (Å²) in [5.74, 6) is 0. The average molecular weight is 292 g/mol. The topological polar surface area (TPSA) is 52.0 Å². The van der Waals surface area contributed by atoms with E-state index in [1.807, 2.05) is 54.6 Å². The number of nitrogen functional groups attached to an aromatic ring is 2. The van der Waals surface area contributed by atoms with E-state index in [1.165, 1.54) is 0 Å². The van der Waals surface area contributed by atoms with Gasteiger partial charge in [-0.1, -0.05) is 60.3 Å². The quantitative estimate of drug-likeness (QED) is 0.690. The van der Waals surface area contributed by atoms with E-state index in [1.54, 1.807) is 11.8 Å². The molecule has 104 valence electrons. The molecule has 0 aliphatic heterocycles. The van der Waals surface area contributed by atoms with Crippen LogP contribution in [-0.4, -0.2) is 0 Å². The Morgan fingerprint density at radius 3 is 1.95 bits per heavy atom. The van der Waals surface area contributed by atoms with E-state index in [-0.39, 0.29) is 0 Å². The zero-order valence-electron chi connectivity index (χ0n) is 11.5. The summed E-state index contributed by atoms with van der Waals surface area (Å²) in [6.45, 7) is 0. The van der Waals surface area contributed by atoms with E-state index in [0.717, 1.165) is 32.3 Å². The highest BCUT2D eigenvalue weighted by molar-refractivity contribution is 7.99. The second-order valence-electron chi connectivity index (χ2n) is 4.73. The number of para-hydroxylation sites is 1. The lowest BCUT2D eigenvalue weighted by Crippen LogP contribution is -1.94. The van der Waals surface area contributed by atoms with Crippen molar-refractivity contribution in [1.82, 2.24) is 0 Å². The fourth-order valence-corrected chi connectivity index (χ4v) is 3.23. The van der Waals surface area contributed by atoms with Crippen LogP contribution in [-0.2, 0) is 0 Å². The minimum absolute atomic E-state index is 0.762. The Morgan fingerprint density at radius 1 is 0.571 bits per heavy atom. The van der Waals surface area contributed by atoms with Gasteiger partial charge in [-0.05, 0) is 29.8 Å². The van der Waals surface area contributed by atoms with E-state index >= 15 is 0 Å². The number of rotatable bonds is 3. The Hall–Kier alpha value is -2.39. The Labute approximate surface area is 128 Å². The van der Waals surface area contributed by atoms with Crippen molar-refractivity contribution in [2.75, 3.05) is 11.5 Å². The number of hydrogen-bond donors (Lipinski definition) is 2. The van der Waals surface area contributed by atoms with Crippen LogP contribution in [0, 0.1) is 0 Å². The summed E-state index contributed by atoms with van der Waals surface area (Å²) in [6.07, 6.45) is 0. The van der Waals surface area contributed by atoms with Gasteiger partial charge in [0.05, 0.1) is 0 Å². The summed E-state index contributed by atoms with van der Waals surface area (Å²) >= 11 is 1.66. The molecule has 4 N–H and O–H groups in total. The molecular weight excluding hydrogens is 276 g/mol. The van der Waals surface area contributed by atoms with Crippen molar-refractivity contribution in [3.63, 3.8) is 0 Å². The summed E-state index contributed by atoms with van der Waals surface area (Å²) in [5.41, 5.74) is 15.9. The van der Waals surface area contributed by atoms with Gasteiger partial charge in [0.15, 0.2) is 0 Å². The Morgan fingerprint density at radius 2 is 1.19 bits per heavy atom. The number of benzene rings is 3. The molecule has 0 aliphatic rings. The molecule has 0 aliphatic carbocycles. The van der Waals surface area contributed by atoms with Crippen molar-refractivity contribution >= 4 is 23.1 Å². The van der Waals surface area contributed by atoms with Crippen LogP contribution in [0.1, 0.15) is 0 Å². The van der Waals surface area contributed by atoms with Crippen molar-refractivity contribution in [3.8, 4) is 11.1 Å². The molecule has 0 bridgehead atoms. The molecular formula is C18H16N2S. The van der Waals surface area contributed by atoms with Crippen LogP contribution in [0.5, 0.6) is 0 Å². The van der Waals surface area contributed by atoms with Crippen molar-refractivity contribution in [1.29, 1.82) is 0 Å². The minimum Gasteiger partial charge on any atom is -0.398 e. The summed E-state index contributed by atoms with van der Waals surface area (Å²) in [7, 11) is 0. The van der Waals surface area contributed by atoms with Crippen LogP contribution in [0.2, 0.25) is 0 Å². The van der Waals surface area contributed by atoms with Crippen LogP contribution in [0.25, 0.3) is 11.1 Å². The fourth-order valence-electron chi connectivity index (χ4n) is 2.23. The number of anilines is 2. The lowest BCUT2D eigenvalue weighted by atomic mass is 10.0. The Bertz CT molecular complexity index is 754. The molecule has 0 heterocycles. The number of nitrogens with two attached hydrogens (primary N) is 2. The molecule has 0 saturated heterocycles. The van der Waals surface area contributed by atoms with E-state index in [4.69, 9.17) is 11.5 Å². The summed E-state index contributed by atoms with van der Waals surface area (Å²) in [4.78, 5) is 2.20. The van der Waals surface area contributed by atoms with Crippen LogP contribution in [0.4, 0.5) is 11.4 Å². The first kappa shape index (κ1) is 13.6. The SMILES string of the molecule is Nc1ccccc1-c1cccc(N)c1Sc1ccccc1. The first-order valence-electron chi connectivity index (χ1n) is 6.72. The van der Waals surface area contributed by atoms with Crippen LogP contribution in [0.3, 0.4) is 0 Å². The predicted octanol–water partition coefficient (Wildman–Crippen LogP) is 4.67. The van der Waals surface area contributed by atoms with Crippen LogP contribution < -0.4 is 11.5 Å². The molecule has 21 heavy (non-hydrogen) atoms. The molecule has 0 aromatic heterocycles. The van der Waals surface area contributed by atoms with Crippen LogP contribution >= 0.6 is 11.8 Å². The first-order chi connectivity index (χ1) is 10.3. The van der Waals surface area contributed by atoms with Gasteiger partial charge in [0.2, 0.25) is 0 Å². The third-order valence-electron chi connectivity index (χ3n) is 3.26. The molecule has 0 radical (unpaired) electrons. The van der Waals surface area contributed by atoms with E-state index in [9.17, 15) is 0 Å². The Kier molecular flexibility index (Phi) is 3.84. The summed E-state index contributed by atoms with van der Waals surface area (Å²) in [6, 6.07) is 24.0. The largest absolute Gasteiger partial charge is 0.398 e. The van der Waals surface area contributed by atoms with Gasteiger partial charge in [-0.15, -0.1) is 0 Å². The molecule has 0 fully saturated rings. The highest BCUT2D eigenvalue weighted by Crippen LogP contribution is 2.41. The van der Waals surface area contributed by atoms with Crippen molar-refractivity contribution in [2.24, 2.45) is 0 Å². The third-order valence-corrected chi connectivity index (χ3v) is 4.43. The van der Waals surface area contributed by atoms with Gasteiger partial charge in [-0.2, -0.15) is 0 Å². The van der Waals surface area contributed by atoms with Gasteiger partial charge < -0.3 is 11.5 Å². The first-order valence-corrected chi connectivity index (χ1v) is 7.53. The molecule has 0 saturated carbocycles. The molecule has 0 atom stereocenters. The lowest BCUT2D eigenvalue weighted by molar-refractivity contribution is 1.40. The maximum Gasteiger partial charge on any atom is 0.0462 e. The van der Waals surface area contributed by atoms with Crippen molar-refractivity contribution < 1.29 is 0 Å². The zero-order chi connectivity index (χ0) is 14.7. The normalized spacial score (nSPS) is 10.5. The summed E-state index contributed by atoms with van der Waals surface area (Å²) < 4.78 is 0. The monoisotopic (exact) mass is 292 g/mol. The minimum atomic E-state index is 0.762. The molecule has 3 aromatic rings. The standard InChI is InChI=1S/C18H16N2S/c19-16-11-5-4-9-14(16)15-10-6-12-17(20)18(15)21-13-7-2-1-3-8-13/h1-12H,19-20H2. The van der Waals surface area contributed by atoms with Gasteiger partial charge in [-0.3, -0.25) is 0 Å². The lowest BCUT2D eigenvalue weighted by Gasteiger charge is -2.13. The predicted molar refractivity (Wildman–Crippen MR) is 91.3 cm³/mol. The highest BCUT2D eigenvalue weighted by atomic mass is 32.2. The van der Waals surface area contributed by atoms with Gasteiger partial charge in [0, 0.05) is 26.7 Å². The van der Waals surface area contributed by atoms with Crippen molar-refractivity contribution in [2.45, 2.75) is 9.79 Å². The van der Waals surface area contributed by atoms with E-state index in [2.05, 4.69) is 18.2 Å². The number of hydrogen-bond acceptors (Lipinski definition) is 3. The highest BCUT2D eigenvalue weighted by Gasteiger charge is 2.11. The zero-order valence-corrected chi connectivity index (χ0v) is 12.3. The smallest absolute Gasteiger partial charge is 0.0462 e. The molecule has 0 unspecified atom stereocenters. The maximum absolute atomic E-state index is 6.19. The molecule has 3 heteroatoms. The second-order valence-corrected chi connectivity index (χ2v) is 5.81. The third kappa shape index (κ3) is 2.88. The molecule has 0 amide bonds. The van der Waals surface area contributed by atoms with Crippen LogP contribution in [0.15, 0.2) is 82.6 Å². The second kappa shape index (κ2) is 5.94. The van der Waals surface area contributed by atoms with E-state index in [0.29, 0.717) is 0 Å². The summed E-state index contributed by atoms with van der Waals surface area (Å²) in [5, 5.41) is 0. The fraction of sp³-hybridized carbons (Fsp3) is 0. The Balaban J connectivity index is 2.10. The molecule has 2 nitrogen and oxygen atoms in total. The molecule has 3 rings (SSSR count). The maximum atomic E-state index is 6.19. The van der Waals surface area contributed by atoms with E-state index < -0.39 is 0 Å². The van der Waals surface area contributed by atoms with Gasteiger partial charge in [-0.25, -0.2) is 0 Å².